The molecule has 0 amide bonds. The Morgan fingerprint density at radius 3 is 2.40 bits per heavy atom. The van der Waals surface area contributed by atoms with Gasteiger partial charge in [0, 0.05) is 28.6 Å². The zero-order valence-electron chi connectivity index (χ0n) is 15.1. The van der Waals surface area contributed by atoms with E-state index in [-0.39, 0.29) is 6.04 Å². The maximum Gasteiger partial charge on any atom is 0.0963 e. The Morgan fingerprint density at radius 1 is 0.960 bits per heavy atom. The number of hydrogen-bond donors (Lipinski definition) is 2. The van der Waals surface area contributed by atoms with Crippen LogP contribution in [0.2, 0.25) is 0 Å². The van der Waals surface area contributed by atoms with Gasteiger partial charge in [0.15, 0.2) is 0 Å². The Morgan fingerprint density at radius 2 is 1.72 bits per heavy atom. The SMILES string of the molecule is CCC(NC(C)C)C(O)c1cccc2ccc(-c3ccccc3)nc12. The van der Waals surface area contributed by atoms with Crippen molar-refractivity contribution in [2.24, 2.45) is 0 Å². The van der Waals surface area contributed by atoms with Gasteiger partial charge in [-0.25, -0.2) is 4.98 Å². The normalized spacial score (nSPS) is 14.0. The monoisotopic (exact) mass is 334 g/mol. The summed E-state index contributed by atoms with van der Waals surface area (Å²) in [6, 6.07) is 20.6. The van der Waals surface area contributed by atoms with Gasteiger partial charge < -0.3 is 10.4 Å². The number of aliphatic hydroxyl groups excluding tert-OH is 1. The van der Waals surface area contributed by atoms with E-state index in [1.807, 2.05) is 42.5 Å². The van der Waals surface area contributed by atoms with Crippen molar-refractivity contribution in [1.82, 2.24) is 10.3 Å². The molecule has 0 fully saturated rings. The summed E-state index contributed by atoms with van der Waals surface area (Å²) in [6.45, 7) is 6.30. The first-order valence-electron chi connectivity index (χ1n) is 8.99. The van der Waals surface area contributed by atoms with Crippen LogP contribution < -0.4 is 5.32 Å². The highest BCUT2D eigenvalue weighted by molar-refractivity contribution is 5.84. The van der Waals surface area contributed by atoms with Gasteiger partial charge in [-0.05, 0) is 12.5 Å². The van der Waals surface area contributed by atoms with Gasteiger partial charge in [-0.1, -0.05) is 75.4 Å². The van der Waals surface area contributed by atoms with Crippen LogP contribution >= 0.6 is 0 Å². The van der Waals surface area contributed by atoms with Crippen molar-refractivity contribution in [3.05, 3.63) is 66.2 Å². The van der Waals surface area contributed by atoms with Crippen molar-refractivity contribution in [3.63, 3.8) is 0 Å². The summed E-state index contributed by atoms with van der Waals surface area (Å²) in [5.74, 6) is 0. The summed E-state index contributed by atoms with van der Waals surface area (Å²) in [6.07, 6.45) is 0.267. The minimum absolute atomic E-state index is 0.00721. The predicted octanol–water partition coefficient (Wildman–Crippen LogP) is 4.71. The molecule has 0 aliphatic carbocycles. The Labute approximate surface area is 149 Å². The highest BCUT2D eigenvalue weighted by atomic mass is 16.3. The standard InChI is InChI=1S/C22H26N2O/c1-4-19(23-15(2)3)22(25)18-12-8-11-17-13-14-20(24-21(17)18)16-9-6-5-7-10-16/h5-15,19,22-23,25H,4H2,1-3H3. The molecule has 0 saturated heterocycles. The molecule has 0 aliphatic heterocycles. The molecule has 3 aromatic rings. The van der Waals surface area contributed by atoms with Gasteiger partial charge in [-0.3, -0.25) is 0 Å². The Balaban J connectivity index is 2.05. The molecule has 1 heterocycles. The van der Waals surface area contributed by atoms with Crippen molar-refractivity contribution in [3.8, 4) is 11.3 Å². The van der Waals surface area contributed by atoms with Gasteiger partial charge in [0.05, 0.1) is 17.3 Å². The minimum Gasteiger partial charge on any atom is -0.387 e. The van der Waals surface area contributed by atoms with E-state index < -0.39 is 6.10 Å². The van der Waals surface area contributed by atoms with Gasteiger partial charge in [0.2, 0.25) is 0 Å². The first kappa shape index (κ1) is 17.6. The second-order valence-electron chi connectivity index (χ2n) is 6.76. The van der Waals surface area contributed by atoms with Gasteiger partial charge in [0.25, 0.3) is 0 Å². The van der Waals surface area contributed by atoms with Crippen LogP contribution in [0.15, 0.2) is 60.7 Å². The quantitative estimate of drug-likeness (QED) is 0.686. The Bertz CT molecular complexity index is 830. The Hall–Kier alpha value is -2.23. The molecular formula is C22H26N2O. The van der Waals surface area contributed by atoms with E-state index in [9.17, 15) is 5.11 Å². The Kier molecular flexibility index (Phi) is 5.47. The van der Waals surface area contributed by atoms with Crippen LogP contribution in [0.25, 0.3) is 22.2 Å². The van der Waals surface area contributed by atoms with E-state index in [0.717, 1.165) is 34.1 Å². The molecule has 130 valence electrons. The third-order valence-electron chi connectivity index (χ3n) is 4.51. The average Bonchev–Trinajstić information content (AvgIpc) is 2.65. The number of hydrogen-bond acceptors (Lipinski definition) is 3. The van der Waals surface area contributed by atoms with E-state index >= 15 is 0 Å². The van der Waals surface area contributed by atoms with Crippen LogP contribution in [0.3, 0.4) is 0 Å². The molecule has 25 heavy (non-hydrogen) atoms. The fourth-order valence-electron chi connectivity index (χ4n) is 3.26. The van der Waals surface area contributed by atoms with E-state index in [4.69, 9.17) is 4.98 Å². The van der Waals surface area contributed by atoms with Crippen molar-refractivity contribution < 1.29 is 5.11 Å². The molecule has 0 aliphatic rings. The van der Waals surface area contributed by atoms with Crippen LogP contribution in [-0.4, -0.2) is 22.2 Å². The van der Waals surface area contributed by atoms with Crippen LogP contribution in [0.5, 0.6) is 0 Å². The van der Waals surface area contributed by atoms with E-state index in [0.29, 0.717) is 6.04 Å². The maximum absolute atomic E-state index is 11.0. The molecule has 0 saturated carbocycles. The molecule has 1 aromatic heterocycles. The summed E-state index contributed by atoms with van der Waals surface area (Å²) >= 11 is 0. The zero-order chi connectivity index (χ0) is 17.8. The molecule has 3 nitrogen and oxygen atoms in total. The third kappa shape index (κ3) is 3.89. The molecule has 3 heteroatoms. The topological polar surface area (TPSA) is 45.1 Å². The first-order valence-corrected chi connectivity index (χ1v) is 8.99. The lowest BCUT2D eigenvalue weighted by atomic mass is 9.96. The van der Waals surface area contributed by atoms with Crippen LogP contribution in [-0.2, 0) is 0 Å². The lowest BCUT2D eigenvalue weighted by molar-refractivity contribution is 0.122. The molecule has 0 spiro atoms. The van der Waals surface area contributed by atoms with Gasteiger partial charge >= 0.3 is 0 Å². The molecule has 2 unspecified atom stereocenters. The minimum atomic E-state index is -0.588. The van der Waals surface area contributed by atoms with Gasteiger partial charge in [0.1, 0.15) is 0 Å². The smallest absolute Gasteiger partial charge is 0.0963 e. The highest BCUT2D eigenvalue weighted by Crippen LogP contribution is 2.28. The first-order chi connectivity index (χ1) is 12.1. The number of nitrogens with one attached hydrogen (secondary N) is 1. The predicted molar refractivity (Wildman–Crippen MR) is 104 cm³/mol. The summed E-state index contributed by atoms with van der Waals surface area (Å²) in [4.78, 5) is 4.87. The highest BCUT2D eigenvalue weighted by Gasteiger charge is 2.22. The number of rotatable bonds is 6. The second kappa shape index (κ2) is 7.77. The lowest BCUT2D eigenvalue weighted by Gasteiger charge is -2.26. The number of nitrogens with zero attached hydrogens (tertiary/aromatic N) is 1. The van der Waals surface area contributed by atoms with Crippen LogP contribution in [0.4, 0.5) is 0 Å². The molecule has 0 radical (unpaired) electrons. The van der Waals surface area contributed by atoms with Gasteiger partial charge in [-0.15, -0.1) is 0 Å². The van der Waals surface area contributed by atoms with Crippen molar-refractivity contribution >= 4 is 10.9 Å². The van der Waals surface area contributed by atoms with E-state index in [1.165, 1.54) is 0 Å². The lowest BCUT2D eigenvalue weighted by Crippen LogP contribution is -2.39. The fourth-order valence-corrected chi connectivity index (χ4v) is 3.26. The summed E-state index contributed by atoms with van der Waals surface area (Å²) in [5, 5.41) is 15.5. The molecule has 0 bridgehead atoms. The summed E-state index contributed by atoms with van der Waals surface area (Å²) in [7, 11) is 0. The largest absolute Gasteiger partial charge is 0.387 e. The summed E-state index contributed by atoms with van der Waals surface area (Å²) < 4.78 is 0. The van der Waals surface area contributed by atoms with Crippen molar-refractivity contribution in [2.75, 3.05) is 0 Å². The van der Waals surface area contributed by atoms with E-state index in [1.54, 1.807) is 0 Å². The van der Waals surface area contributed by atoms with Crippen molar-refractivity contribution in [2.45, 2.75) is 45.4 Å². The average molecular weight is 334 g/mol. The number of pyridine rings is 1. The fraction of sp³-hybridized carbons (Fsp3) is 0.318. The molecule has 3 rings (SSSR count). The second-order valence-corrected chi connectivity index (χ2v) is 6.76. The zero-order valence-corrected chi connectivity index (χ0v) is 15.1. The molecule has 2 aromatic carbocycles. The van der Waals surface area contributed by atoms with E-state index in [2.05, 4.69) is 44.3 Å². The van der Waals surface area contributed by atoms with Gasteiger partial charge in [-0.2, -0.15) is 0 Å². The van der Waals surface area contributed by atoms with Crippen molar-refractivity contribution in [1.29, 1.82) is 0 Å². The summed E-state index contributed by atoms with van der Waals surface area (Å²) in [5.41, 5.74) is 3.77. The molecule has 2 N–H and O–H groups in total. The maximum atomic E-state index is 11.0. The third-order valence-corrected chi connectivity index (χ3v) is 4.51. The number of fused-ring (bicyclic) bond motifs is 1. The van der Waals surface area contributed by atoms with Crippen LogP contribution in [0.1, 0.15) is 38.9 Å². The number of benzene rings is 2. The van der Waals surface area contributed by atoms with Crippen LogP contribution in [0, 0.1) is 0 Å². The molecular weight excluding hydrogens is 308 g/mol. The number of para-hydroxylation sites is 1. The number of aromatic nitrogens is 1. The molecule has 2 atom stereocenters. The number of aliphatic hydroxyl groups is 1.